The fraction of sp³-hybridized carbons (Fsp3) is 0.400. The van der Waals surface area contributed by atoms with Gasteiger partial charge in [-0.2, -0.15) is 0 Å². The van der Waals surface area contributed by atoms with Crippen LogP contribution in [0.15, 0.2) is 60.7 Å². The second-order valence-corrected chi connectivity index (χ2v) is 9.80. The van der Waals surface area contributed by atoms with Crippen molar-refractivity contribution in [1.82, 2.24) is 4.98 Å². The molecule has 0 saturated heterocycles. The van der Waals surface area contributed by atoms with Gasteiger partial charge in [0.25, 0.3) is 0 Å². The maximum absolute atomic E-state index is 14.2. The molecule has 184 valence electrons. The molecular weight excluding hydrogens is 434 g/mol. The molecule has 5 heteroatoms. The van der Waals surface area contributed by atoms with Gasteiger partial charge in [0.15, 0.2) is 0 Å². The van der Waals surface area contributed by atoms with Crippen LogP contribution in [0.3, 0.4) is 0 Å². The quantitative estimate of drug-likeness (QED) is 0.385. The van der Waals surface area contributed by atoms with E-state index >= 15 is 0 Å². The van der Waals surface area contributed by atoms with Crippen LogP contribution in [0.2, 0.25) is 0 Å². The van der Waals surface area contributed by atoms with E-state index in [0.717, 1.165) is 47.5 Å². The van der Waals surface area contributed by atoms with E-state index in [1.165, 1.54) is 5.56 Å². The van der Waals surface area contributed by atoms with Crippen LogP contribution in [0.1, 0.15) is 67.8 Å². The predicted molar refractivity (Wildman–Crippen MR) is 144 cm³/mol. The molecule has 1 aliphatic rings. The van der Waals surface area contributed by atoms with E-state index in [1.54, 1.807) is 0 Å². The first kappa shape index (κ1) is 24.8. The lowest BCUT2D eigenvalue weighted by molar-refractivity contribution is -0.120. The number of aryl methyl sites for hydroxylation is 1. The highest BCUT2D eigenvalue weighted by Crippen LogP contribution is 2.35. The molecule has 35 heavy (non-hydrogen) atoms. The molecule has 0 N–H and O–H groups in total. The maximum Gasteiger partial charge on any atom is 0.236 e. The summed E-state index contributed by atoms with van der Waals surface area (Å²) in [5, 5.41) is 0. The Morgan fingerprint density at radius 3 is 2.31 bits per heavy atom. The lowest BCUT2D eigenvalue weighted by Crippen LogP contribution is -2.36. The van der Waals surface area contributed by atoms with E-state index < -0.39 is 0 Å². The van der Waals surface area contributed by atoms with Gasteiger partial charge in [0, 0.05) is 31.5 Å². The smallest absolute Gasteiger partial charge is 0.236 e. The molecule has 0 radical (unpaired) electrons. The Balaban J connectivity index is 1.69. The first-order valence-corrected chi connectivity index (χ1v) is 12.7. The molecule has 1 aromatic heterocycles. The summed E-state index contributed by atoms with van der Waals surface area (Å²) in [7, 11) is 4.07. The van der Waals surface area contributed by atoms with Crippen molar-refractivity contribution in [1.29, 1.82) is 0 Å². The number of carbonyl (C=O) groups excluding carboxylic acids is 1. The summed E-state index contributed by atoms with van der Waals surface area (Å²) in [6.45, 7) is 7.40. The van der Waals surface area contributed by atoms with E-state index in [0.29, 0.717) is 24.9 Å². The SMILES string of the molecule is CCOc1ccc2c(n1)C(C(=O)N(Cc1ccc(N(C)C)cc1)c1ccc(C(C)C)cc1)CCC2. The second kappa shape index (κ2) is 10.9. The Kier molecular flexibility index (Phi) is 7.74. The fourth-order valence-corrected chi connectivity index (χ4v) is 4.71. The van der Waals surface area contributed by atoms with E-state index in [2.05, 4.69) is 73.3 Å². The minimum absolute atomic E-state index is 0.0982. The highest BCUT2D eigenvalue weighted by Gasteiger charge is 2.32. The van der Waals surface area contributed by atoms with E-state index in [1.807, 2.05) is 32.0 Å². The van der Waals surface area contributed by atoms with Crippen molar-refractivity contribution in [3.05, 3.63) is 83.0 Å². The Morgan fingerprint density at radius 2 is 1.69 bits per heavy atom. The molecule has 1 heterocycles. The summed E-state index contributed by atoms with van der Waals surface area (Å²) in [6, 6.07) is 20.8. The molecule has 0 fully saturated rings. The molecule has 0 spiro atoms. The molecule has 1 atom stereocenters. The number of hydrogen-bond acceptors (Lipinski definition) is 4. The largest absolute Gasteiger partial charge is 0.478 e. The highest BCUT2D eigenvalue weighted by molar-refractivity contribution is 5.98. The second-order valence-electron chi connectivity index (χ2n) is 9.80. The number of ether oxygens (including phenoxy) is 1. The summed E-state index contributed by atoms with van der Waals surface area (Å²) < 4.78 is 5.67. The number of carbonyl (C=O) groups is 1. The van der Waals surface area contributed by atoms with Gasteiger partial charge in [-0.1, -0.05) is 44.2 Å². The normalized spacial score (nSPS) is 15.0. The summed E-state index contributed by atoms with van der Waals surface area (Å²) in [6.07, 6.45) is 2.74. The summed E-state index contributed by atoms with van der Waals surface area (Å²) in [5.41, 5.74) is 6.46. The molecule has 1 aliphatic carbocycles. The first-order valence-electron chi connectivity index (χ1n) is 12.7. The van der Waals surface area contributed by atoms with Gasteiger partial charge in [-0.25, -0.2) is 4.98 Å². The van der Waals surface area contributed by atoms with Gasteiger partial charge in [-0.05, 0) is 73.1 Å². The average molecular weight is 472 g/mol. The van der Waals surface area contributed by atoms with Crippen molar-refractivity contribution < 1.29 is 9.53 Å². The number of nitrogens with zero attached hydrogens (tertiary/aromatic N) is 3. The predicted octanol–water partition coefficient (Wildman–Crippen LogP) is 6.32. The van der Waals surface area contributed by atoms with Crippen molar-refractivity contribution in [2.24, 2.45) is 0 Å². The highest BCUT2D eigenvalue weighted by atomic mass is 16.5. The van der Waals surface area contributed by atoms with Crippen LogP contribution >= 0.6 is 0 Å². The molecule has 2 aromatic carbocycles. The Labute approximate surface area is 209 Å². The average Bonchev–Trinajstić information content (AvgIpc) is 2.87. The topological polar surface area (TPSA) is 45.7 Å². The van der Waals surface area contributed by atoms with Gasteiger partial charge in [0.1, 0.15) is 0 Å². The number of fused-ring (bicyclic) bond motifs is 1. The summed E-state index contributed by atoms with van der Waals surface area (Å²) >= 11 is 0. The molecule has 0 bridgehead atoms. The number of aromatic nitrogens is 1. The van der Waals surface area contributed by atoms with Crippen molar-refractivity contribution in [2.45, 2.75) is 58.4 Å². The van der Waals surface area contributed by atoms with Crippen LogP contribution in [0.4, 0.5) is 11.4 Å². The summed E-state index contributed by atoms with van der Waals surface area (Å²) in [4.78, 5) is 23.0. The Bertz CT molecular complexity index is 1140. The third kappa shape index (κ3) is 5.67. The molecule has 5 nitrogen and oxygen atoms in total. The molecule has 1 amide bonds. The lowest BCUT2D eigenvalue weighted by atomic mass is 9.85. The molecule has 4 rings (SSSR count). The molecular formula is C30H37N3O2. The van der Waals surface area contributed by atoms with Crippen molar-refractivity contribution in [2.75, 3.05) is 30.5 Å². The maximum atomic E-state index is 14.2. The Hall–Kier alpha value is -3.34. The number of amides is 1. The standard InChI is InChI=1S/C30H37N3O2/c1-6-35-28-19-14-24-8-7-9-27(29(24)31-28)30(34)33(26-17-12-23(13-18-26)21(2)3)20-22-10-15-25(16-11-22)32(4)5/h10-19,21,27H,6-9,20H2,1-5H3. The van der Waals surface area contributed by atoms with Crippen LogP contribution in [0.25, 0.3) is 0 Å². The van der Waals surface area contributed by atoms with E-state index in [-0.39, 0.29) is 11.8 Å². The Morgan fingerprint density at radius 1 is 1.00 bits per heavy atom. The van der Waals surface area contributed by atoms with E-state index in [9.17, 15) is 4.79 Å². The van der Waals surface area contributed by atoms with Crippen LogP contribution in [0, 0.1) is 0 Å². The van der Waals surface area contributed by atoms with Gasteiger partial charge in [-0.3, -0.25) is 4.79 Å². The van der Waals surface area contributed by atoms with Crippen LogP contribution < -0.4 is 14.5 Å². The van der Waals surface area contributed by atoms with Crippen LogP contribution in [-0.4, -0.2) is 31.6 Å². The zero-order valence-electron chi connectivity index (χ0n) is 21.6. The zero-order valence-corrected chi connectivity index (χ0v) is 21.6. The van der Waals surface area contributed by atoms with Crippen LogP contribution in [0.5, 0.6) is 5.88 Å². The minimum Gasteiger partial charge on any atom is -0.478 e. The zero-order chi connectivity index (χ0) is 24.9. The number of pyridine rings is 1. The summed E-state index contributed by atoms with van der Waals surface area (Å²) in [5.74, 6) is 0.863. The van der Waals surface area contributed by atoms with E-state index in [4.69, 9.17) is 9.72 Å². The minimum atomic E-state index is -0.273. The number of hydrogen-bond donors (Lipinski definition) is 0. The van der Waals surface area contributed by atoms with Gasteiger partial charge in [0.05, 0.1) is 24.8 Å². The first-order chi connectivity index (χ1) is 16.9. The monoisotopic (exact) mass is 471 g/mol. The molecule has 0 aliphatic heterocycles. The molecule has 3 aromatic rings. The van der Waals surface area contributed by atoms with Crippen molar-refractivity contribution >= 4 is 17.3 Å². The third-order valence-corrected chi connectivity index (χ3v) is 6.78. The van der Waals surface area contributed by atoms with Gasteiger partial charge >= 0.3 is 0 Å². The van der Waals surface area contributed by atoms with Gasteiger partial charge in [0.2, 0.25) is 11.8 Å². The third-order valence-electron chi connectivity index (χ3n) is 6.78. The fourth-order valence-electron chi connectivity index (χ4n) is 4.71. The lowest BCUT2D eigenvalue weighted by Gasteiger charge is -2.31. The van der Waals surface area contributed by atoms with Crippen molar-refractivity contribution in [3.8, 4) is 5.88 Å². The molecule has 1 unspecified atom stereocenters. The number of rotatable bonds is 8. The number of anilines is 2. The van der Waals surface area contributed by atoms with Crippen molar-refractivity contribution in [3.63, 3.8) is 0 Å². The van der Waals surface area contributed by atoms with Gasteiger partial charge in [-0.15, -0.1) is 0 Å². The molecule has 0 saturated carbocycles. The van der Waals surface area contributed by atoms with Crippen LogP contribution in [-0.2, 0) is 17.8 Å². The number of benzene rings is 2. The van der Waals surface area contributed by atoms with Gasteiger partial charge < -0.3 is 14.5 Å².